The Labute approximate surface area is 133 Å². The lowest BCUT2D eigenvalue weighted by atomic mass is 9.95. The van der Waals surface area contributed by atoms with Crippen molar-refractivity contribution in [3.8, 4) is 6.07 Å². The fourth-order valence-corrected chi connectivity index (χ4v) is 2.95. The zero-order chi connectivity index (χ0) is 17.1. The summed E-state index contributed by atoms with van der Waals surface area (Å²) in [5.74, 6) is -1.32. The number of carbonyl (C=O) groups is 2. The second-order valence-corrected chi connectivity index (χ2v) is 5.84. The number of aromatic nitrogens is 1. The van der Waals surface area contributed by atoms with E-state index in [2.05, 4.69) is 4.98 Å². The zero-order valence-corrected chi connectivity index (χ0v) is 13.2. The highest BCUT2D eigenvalue weighted by Gasteiger charge is 2.27. The molecule has 0 aromatic carbocycles. The van der Waals surface area contributed by atoms with Gasteiger partial charge in [-0.25, -0.2) is 0 Å². The van der Waals surface area contributed by atoms with Crippen molar-refractivity contribution < 1.29 is 14.7 Å². The molecule has 2 N–H and O–H groups in total. The van der Waals surface area contributed by atoms with Crippen LogP contribution in [-0.4, -0.2) is 40.0 Å². The van der Waals surface area contributed by atoms with Crippen LogP contribution in [0.2, 0.25) is 0 Å². The Hall–Kier alpha value is -2.62. The predicted octanol–water partition coefficient (Wildman–Crippen LogP) is 0.729. The molecular formula is C16H19N3O4. The lowest BCUT2D eigenvalue weighted by molar-refractivity contribution is -0.145. The van der Waals surface area contributed by atoms with E-state index in [1.54, 1.807) is 18.7 Å². The predicted molar refractivity (Wildman–Crippen MR) is 81.9 cm³/mol. The Kier molecular flexibility index (Phi) is 4.84. The number of nitriles is 1. The van der Waals surface area contributed by atoms with Crippen molar-refractivity contribution in [2.24, 2.45) is 5.92 Å². The maximum absolute atomic E-state index is 12.4. The molecule has 2 heterocycles. The second-order valence-electron chi connectivity index (χ2n) is 5.84. The van der Waals surface area contributed by atoms with Crippen LogP contribution in [0.4, 0.5) is 0 Å². The van der Waals surface area contributed by atoms with Crippen LogP contribution in [0.5, 0.6) is 0 Å². The van der Waals surface area contributed by atoms with Crippen LogP contribution in [0, 0.1) is 31.1 Å². The lowest BCUT2D eigenvalue weighted by Crippen LogP contribution is -2.41. The molecule has 0 bridgehead atoms. The molecule has 1 fully saturated rings. The van der Waals surface area contributed by atoms with Gasteiger partial charge < -0.3 is 15.0 Å². The fourth-order valence-electron chi connectivity index (χ4n) is 2.95. The first-order valence-corrected chi connectivity index (χ1v) is 7.48. The number of piperidine rings is 1. The Morgan fingerprint density at radius 3 is 2.48 bits per heavy atom. The highest BCUT2D eigenvalue weighted by Crippen LogP contribution is 2.20. The number of aromatic amines is 1. The molecule has 0 aliphatic carbocycles. The highest BCUT2D eigenvalue weighted by molar-refractivity contribution is 5.80. The Morgan fingerprint density at radius 1 is 1.35 bits per heavy atom. The van der Waals surface area contributed by atoms with Gasteiger partial charge in [0.25, 0.3) is 5.56 Å². The van der Waals surface area contributed by atoms with Crippen LogP contribution in [0.15, 0.2) is 4.79 Å². The van der Waals surface area contributed by atoms with E-state index < -0.39 is 11.5 Å². The lowest BCUT2D eigenvalue weighted by Gasteiger charge is -2.30. The normalized spacial score (nSPS) is 15.3. The van der Waals surface area contributed by atoms with Crippen LogP contribution in [-0.2, 0) is 16.0 Å². The number of aliphatic carboxylic acids is 1. The molecule has 1 amide bonds. The molecule has 7 nitrogen and oxygen atoms in total. The van der Waals surface area contributed by atoms with E-state index in [1.165, 1.54) is 0 Å². The van der Waals surface area contributed by atoms with Gasteiger partial charge in [-0.3, -0.25) is 14.4 Å². The largest absolute Gasteiger partial charge is 0.481 e. The number of hydrogen-bond donors (Lipinski definition) is 2. The molecule has 0 atom stereocenters. The molecule has 1 aromatic rings. The van der Waals surface area contributed by atoms with Crippen molar-refractivity contribution in [1.82, 2.24) is 9.88 Å². The average Bonchev–Trinajstić information content (AvgIpc) is 2.51. The first kappa shape index (κ1) is 16.7. The van der Waals surface area contributed by atoms with Gasteiger partial charge in [0.2, 0.25) is 5.91 Å². The molecule has 0 spiro atoms. The minimum Gasteiger partial charge on any atom is -0.481 e. The molecule has 122 valence electrons. The fraction of sp³-hybridized carbons (Fsp3) is 0.500. The molecule has 1 aliphatic heterocycles. The Bertz CT molecular complexity index is 737. The summed E-state index contributed by atoms with van der Waals surface area (Å²) in [6, 6.07) is 1.87. The van der Waals surface area contributed by atoms with Gasteiger partial charge in [-0.2, -0.15) is 5.26 Å². The number of carboxylic acids is 1. The van der Waals surface area contributed by atoms with Crippen molar-refractivity contribution in [2.45, 2.75) is 33.1 Å². The van der Waals surface area contributed by atoms with Gasteiger partial charge in [-0.15, -0.1) is 0 Å². The molecule has 7 heteroatoms. The number of pyridine rings is 1. The van der Waals surface area contributed by atoms with Crippen molar-refractivity contribution in [2.75, 3.05) is 13.1 Å². The number of hydrogen-bond acceptors (Lipinski definition) is 4. The maximum atomic E-state index is 12.4. The number of aryl methyl sites for hydroxylation is 1. The number of amides is 1. The summed E-state index contributed by atoms with van der Waals surface area (Å²) in [6.07, 6.45) is 1.00. The van der Waals surface area contributed by atoms with Crippen molar-refractivity contribution >= 4 is 11.9 Å². The molecular weight excluding hydrogens is 298 g/mol. The number of carboxylic acid groups (broad SMARTS) is 1. The molecule has 0 saturated carbocycles. The first-order chi connectivity index (χ1) is 10.8. The number of rotatable bonds is 3. The third-order valence-corrected chi connectivity index (χ3v) is 4.45. The van der Waals surface area contributed by atoms with E-state index in [4.69, 9.17) is 10.4 Å². The summed E-state index contributed by atoms with van der Waals surface area (Å²) in [4.78, 5) is 39.3. The Morgan fingerprint density at radius 2 is 1.96 bits per heavy atom. The summed E-state index contributed by atoms with van der Waals surface area (Å²) in [5.41, 5.74) is 1.36. The van der Waals surface area contributed by atoms with Crippen LogP contribution in [0.1, 0.15) is 35.2 Å². The van der Waals surface area contributed by atoms with Gasteiger partial charge in [0.05, 0.1) is 12.3 Å². The third-order valence-electron chi connectivity index (χ3n) is 4.45. The number of nitrogens with zero attached hydrogens (tertiary/aromatic N) is 2. The first-order valence-electron chi connectivity index (χ1n) is 7.48. The molecule has 23 heavy (non-hydrogen) atoms. The summed E-state index contributed by atoms with van der Waals surface area (Å²) in [6.45, 7) is 4.21. The van der Waals surface area contributed by atoms with E-state index in [9.17, 15) is 14.4 Å². The molecule has 0 radical (unpaired) electrons. The molecule has 1 aromatic heterocycles. The highest BCUT2D eigenvalue weighted by atomic mass is 16.4. The molecule has 1 aliphatic rings. The van der Waals surface area contributed by atoms with Gasteiger partial charge in [0.1, 0.15) is 11.6 Å². The summed E-state index contributed by atoms with van der Waals surface area (Å²) in [5, 5.41) is 18.0. The number of carbonyl (C=O) groups excluding carboxylic acids is 1. The monoisotopic (exact) mass is 317 g/mol. The number of H-pyrrole nitrogens is 1. The second kappa shape index (κ2) is 6.65. The van der Waals surface area contributed by atoms with Crippen LogP contribution in [0.25, 0.3) is 0 Å². The molecule has 2 rings (SSSR count). The number of likely N-dealkylation sites (tertiary alicyclic amines) is 1. The van der Waals surface area contributed by atoms with E-state index in [0.717, 1.165) is 0 Å². The average molecular weight is 317 g/mol. The van der Waals surface area contributed by atoms with Crippen molar-refractivity contribution in [1.29, 1.82) is 5.26 Å². The summed E-state index contributed by atoms with van der Waals surface area (Å²) in [7, 11) is 0. The zero-order valence-electron chi connectivity index (χ0n) is 13.2. The molecule has 0 unspecified atom stereocenters. The van der Waals surface area contributed by atoms with E-state index in [1.807, 2.05) is 6.07 Å². The quantitative estimate of drug-likeness (QED) is 0.853. The van der Waals surface area contributed by atoms with Gasteiger partial charge in [0.15, 0.2) is 0 Å². The minimum atomic E-state index is -0.817. The number of nitrogens with one attached hydrogen (secondary N) is 1. The van der Waals surface area contributed by atoms with E-state index in [-0.39, 0.29) is 23.8 Å². The van der Waals surface area contributed by atoms with Crippen LogP contribution >= 0.6 is 0 Å². The summed E-state index contributed by atoms with van der Waals surface area (Å²) >= 11 is 0. The Balaban J connectivity index is 2.15. The minimum absolute atomic E-state index is 0.0305. The van der Waals surface area contributed by atoms with E-state index >= 15 is 0 Å². The van der Waals surface area contributed by atoms with Gasteiger partial charge >= 0.3 is 5.97 Å². The SMILES string of the molecule is Cc1[nH]c(=O)c(C#N)c(C)c1CC(=O)N1CCC(C(=O)O)CC1. The topological polar surface area (TPSA) is 114 Å². The van der Waals surface area contributed by atoms with Crippen LogP contribution < -0.4 is 5.56 Å². The van der Waals surface area contributed by atoms with E-state index in [0.29, 0.717) is 42.8 Å². The van der Waals surface area contributed by atoms with Gasteiger partial charge in [0, 0.05) is 18.8 Å². The van der Waals surface area contributed by atoms with Crippen molar-refractivity contribution in [3.05, 3.63) is 32.7 Å². The van der Waals surface area contributed by atoms with Crippen LogP contribution in [0.3, 0.4) is 0 Å². The van der Waals surface area contributed by atoms with Crippen molar-refractivity contribution in [3.63, 3.8) is 0 Å². The smallest absolute Gasteiger partial charge is 0.306 e. The maximum Gasteiger partial charge on any atom is 0.306 e. The van der Waals surface area contributed by atoms with Gasteiger partial charge in [-0.05, 0) is 37.8 Å². The summed E-state index contributed by atoms with van der Waals surface area (Å²) < 4.78 is 0. The molecule has 1 saturated heterocycles. The third kappa shape index (κ3) is 3.42. The van der Waals surface area contributed by atoms with Gasteiger partial charge in [-0.1, -0.05) is 0 Å². The standard InChI is InChI=1S/C16H19N3O4/c1-9-12(10(2)18-15(21)13(9)8-17)7-14(20)19-5-3-11(4-6-19)16(22)23/h11H,3-7H2,1-2H3,(H,18,21)(H,22,23).